The van der Waals surface area contributed by atoms with Gasteiger partial charge in [-0.1, -0.05) is 90.1 Å². The molecule has 8 rings (SSSR count). The van der Waals surface area contributed by atoms with Crippen molar-refractivity contribution in [1.29, 1.82) is 0 Å². The summed E-state index contributed by atoms with van der Waals surface area (Å²) < 4.78 is 10.7. The van der Waals surface area contributed by atoms with Crippen LogP contribution in [-0.2, 0) is 4.74 Å². The zero-order valence-electron chi connectivity index (χ0n) is 29.7. The number of benzene rings is 5. The molecule has 272 valence electrons. The number of aromatic nitrogens is 2. The second-order valence-corrected chi connectivity index (χ2v) is 13.4. The standard InChI is InChI=1S/C30H29N5O4.C13H9ClO/c1-21-31-28(32-39-21)24-11-13-26(14-12-24)35-20-27(38-30(35)37)19-33-15-17-34(18-16-33)29(36)25-9-7-23(8-10-25)22-5-3-2-4-6-22;14-13(15)12-8-6-11(7-9-12)10-4-2-1-3-5-10/h2-14,27H,15-20H2,1H3;1-9H. The van der Waals surface area contributed by atoms with E-state index in [1.54, 1.807) is 24.0 Å². The van der Waals surface area contributed by atoms with Crippen molar-refractivity contribution in [3.63, 3.8) is 0 Å². The summed E-state index contributed by atoms with van der Waals surface area (Å²) in [4.78, 5) is 46.6. The van der Waals surface area contributed by atoms with Crippen molar-refractivity contribution in [2.45, 2.75) is 13.0 Å². The first kappa shape index (κ1) is 36.3. The van der Waals surface area contributed by atoms with Crippen LogP contribution in [0.4, 0.5) is 10.5 Å². The predicted octanol–water partition coefficient (Wildman–Crippen LogP) is 8.23. The number of piperazine rings is 1. The molecule has 0 saturated carbocycles. The van der Waals surface area contributed by atoms with E-state index in [-0.39, 0.29) is 18.1 Å². The average Bonchev–Trinajstić information content (AvgIpc) is 3.83. The minimum Gasteiger partial charge on any atom is -0.443 e. The maximum Gasteiger partial charge on any atom is 0.414 e. The van der Waals surface area contributed by atoms with Crippen LogP contribution in [0.3, 0.4) is 0 Å². The summed E-state index contributed by atoms with van der Waals surface area (Å²) in [5.74, 6) is 1.07. The van der Waals surface area contributed by atoms with Gasteiger partial charge in [0.1, 0.15) is 6.10 Å². The predicted molar refractivity (Wildman–Crippen MR) is 208 cm³/mol. The fraction of sp³-hybridized carbons (Fsp3) is 0.186. The van der Waals surface area contributed by atoms with Gasteiger partial charge in [0, 0.05) is 62.0 Å². The van der Waals surface area contributed by atoms with Gasteiger partial charge in [-0.05, 0) is 82.4 Å². The number of halogens is 1. The van der Waals surface area contributed by atoms with Gasteiger partial charge in [0.05, 0.1) is 6.54 Å². The van der Waals surface area contributed by atoms with Gasteiger partial charge in [-0.2, -0.15) is 4.98 Å². The Balaban J connectivity index is 0.000000251. The van der Waals surface area contributed by atoms with Gasteiger partial charge in [-0.3, -0.25) is 19.4 Å². The van der Waals surface area contributed by atoms with Gasteiger partial charge >= 0.3 is 6.09 Å². The van der Waals surface area contributed by atoms with Gasteiger partial charge in [-0.25, -0.2) is 4.79 Å². The third-order valence-electron chi connectivity index (χ3n) is 9.42. The molecule has 11 heteroatoms. The first-order valence-corrected chi connectivity index (χ1v) is 18.1. The molecule has 0 N–H and O–H groups in total. The van der Waals surface area contributed by atoms with Crippen LogP contribution in [0.1, 0.15) is 26.6 Å². The highest BCUT2D eigenvalue weighted by Crippen LogP contribution is 2.26. The van der Waals surface area contributed by atoms with Gasteiger partial charge in [0.25, 0.3) is 11.1 Å². The van der Waals surface area contributed by atoms with E-state index in [0.29, 0.717) is 49.0 Å². The molecule has 2 amide bonds. The molecule has 0 spiro atoms. The van der Waals surface area contributed by atoms with Gasteiger partial charge in [-0.15, -0.1) is 0 Å². The van der Waals surface area contributed by atoms with E-state index < -0.39 is 5.24 Å². The smallest absolute Gasteiger partial charge is 0.414 e. The van der Waals surface area contributed by atoms with Crippen LogP contribution in [0.15, 0.2) is 138 Å². The van der Waals surface area contributed by atoms with E-state index in [1.807, 2.05) is 114 Å². The molecule has 0 radical (unpaired) electrons. The summed E-state index contributed by atoms with van der Waals surface area (Å²) in [7, 11) is 0. The molecule has 2 fully saturated rings. The van der Waals surface area contributed by atoms with E-state index >= 15 is 0 Å². The lowest BCUT2D eigenvalue weighted by atomic mass is 10.0. The Bertz CT molecular complexity index is 2190. The number of carbonyl (C=O) groups is 3. The fourth-order valence-corrected chi connectivity index (χ4v) is 6.62. The Morgan fingerprint density at radius 3 is 1.72 bits per heavy atom. The molecule has 5 aromatic carbocycles. The lowest BCUT2D eigenvalue weighted by Gasteiger charge is -2.35. The molecule has 2 aliphatic rings. The highest BCUT2D eigenvalue weighted by atomic mass is 35.5. The largest absolute Gasteiger partial charge is 0.443 e. The molecule has 2 aliphatic heterocycles. The maximum atomic E-state index is 13.1. The Kier molecular flexibility index (Phi) is 11.2. The topological polar surface area (TPSA) is 109 Å². The first-order chi connectivity index (χ1) is 26.3. The molecule has 1 aromatic heterocycles. The van der Waals surface area contributed by atoms with Crippen molar-refractivity contribution >= 4 is 34.5 Å². The molecule has 3 heterocycles. The van der Waals surface area contributed by atoms with E-state index in [9.17, 15) is 14.4 Å². The number of cyclic esters (lactones) is 1. The Hall–Kier alpha value is -6.10. The minimum atomic E-state index is -0.422. The van der Waals surface area contributed by atoms with Gasteiger partial charge in [0.15, 0.2) is 0 Å². The van der Waals surface area contributed by atoms with Gasteiger partial charge in [0.2, 0.25) is 11.7 Å². The maximum absolute atomic E-state index is 13.1. The normalized spacial score (nSPS) is 15.7. The number of rotatable bonds is 8. The van der Waals surface area contributed by atoms with Crippen molar-refractivity contribution in [3.8, 4) is 33.6 Å². The number of aryl methyl sites for hydroxylation is 1. The van der Waals surface area contributed by atoms with Crippen LogP contribution in [0.25, 0.3) is 33.6 Å². The number of amides is 2. The van der Waals surface area contributed by atoms with Crippen LogP contribution in [0.5, 0.6) is 0 Å². The van der Waals surface area contributed by atoms with Gasteiger partial charge < -0.3 is 14.2 Å². The lowest BCUT2D eigenvalue weighted by Crippen LogP contribution is -2.50. The van der Waals surface area contributed by atoms with Crippen molar-refractivity contribution < 1.29 is 23.6 Å². The number of hydrogen-bond donors (Lipinski definition) is 0. The monoisotopic (exact) mass is 739 g/mol. The van der Waals surface area contributed by atoms with E-state index in [0.717, 1.165) is 46.6 Å². The van der Waals surface area contributed by atoms with Crippen molar-refractivity contribution in [2.75, 3.05) is 44.2 Å². The Morgan fingerprint density at radius 1 is 0.685 bits per heavy atom. The summed E-state index contributed by atoms with van der Waals surface area (Å²) in [6, 6.07) is 42.6. The number of hydrogen-bond acceptors (Lipinski definition) is 8. The number of carbonyl (C=O) groups excluding carboxylic acids is 3. The molecule has 54 heavy (non-hydrogen) atoms. The third kappa shape index (κ3) is 8.74. The Morgan fingerprint density at radius 2 is 1.20 bits per heavy atom. The average molecular weight is 740 g/mol. The highest BCUT2D eigenvalue weighted by Gasteiger charge is 2.34. The molecular weight excluding hydrogens is 702 g/mol. The van der Waals surface area contributed by atoms with Crippen LogP contribution in [0.2, 0.25) is 0 Å². The fourth-order valence-electron chi connectivity index (χ4n) is 6.50. The molecule has 0 bridgehead atoms. The third-order valence-corrected chi connectivity index (χ3v) is 9.64. The molecule has 10 nitrogen and oxygen atoms in total. The summed E-state index contributed by atoms with van der Waals surface area (Å²) in [5.41, 5.74) is 7.24. The van der Waals surface area contributed by atoms with Crippen LogP contribution < -0.4 is 4.90 Å². The van der Waals surface area contributed by atoms with Crippen molar-refractivity contribution in [3.05, 3.63) is 150 Å². The summed E-state index contributed by atoms with van der Waals surface area (Å²) in [5, 5.41) is 3.51. The van der Waals surface area contributed by atoms with Crippen LogP contribution >= 0.6 is 11.6 Å². The molecule has 2 saturated heterocycles. The van der Waals surface area contributed by atoms with Crippen molar-refractivity contribution in [2.24, 2.45) is 0 Å². The first-order valence-electron chi connectivity index (χ1n) is 17.7. The number of nitrogens with zero attached hydrogens (tertiary/aromatic N) is 5. The SMILES string of the molecule is Cc1nc(-c2ccc(N3CC(CN4CCN(C(=O)c5ccc(-c6ccccc6)cc5)CC4)OC3=O)cc2)no1.O=C(Cl)c1ccc(-c2ccccc2)cc1. The Labute approximate surface area is 318 Å². The van der Waals surface area contributed by atoms with E-state index in [1.165, 1.54) is 0 Å². The summed E-state index contributed by atoms with van der Waals surface area (Å²) >= 11 is 5.36. The zero-order valence-corrected chi connectivity index (χ0v) is 30.4. The van der Waals surface area contributed by atoms with E-state index in [4.69, 9.17) is 20.9 Å². The number of anilines is 1. The van der Waals surface area contributed by atoms with E-state index in [2.05, 4.69) is 27.2 Å². The second kappa shape index (κ2) is 16.7. The number of ether oxygens (including phenoxy) is 1. The zero-order chi connectivity index (χ0) is 37.4. The van der Waals surface area contributed by atoms with Crippen LogP contribution in [0, 0.1) is 6.92 Å². The molecule has 1 atom stereocenters. The highest BCUT2D eigenvalue weighted by molar-refractivity contribution is 6.67. The lowest BCUT2D eigenvalue weighted by molar-refractivity contribution is 0.0552. The summed E-state index contributed by atoms with van der Waals surface area (Å²) in [6.07, 6.45) is -0.583. The molecule has 0 aliphatic carbocycles. The summed E-state index contributed by atoms with van der Waals surface area (Å²) in [6.45, 7) is 5.61. The van der Waals surface area contributed by atoms with Crippen molar-refractivity contribution in [1.82, 2.24) is 19.9 Å². The van der Waals surface area contributed by atoms with Crippen LogP contribution in [-0.4, -0.2) is 82.6 Å². The second-order valence-electron chi connectivity index (χ2n) is 13.1. The quantitative estimate of drug-likeness (QED) is 0.144. The molecule has 6 aromatic rings. The molecular formula is C43H38ClN5O5. The minimum absolute atomic E-state index is 0.0483. The molecule has 1 unspecified atom stereocenters.